The van der Waals surface area contributed by atoms with Crippen molar-refractivity contribution >= 4 is 11.8 Å². The molecule has 0 aromatic rings. The van der Waals surface area contributed by atoms with Crippen LogP contribution in [0.15, 0.2) is 23.8 Å². The van der Waals surface area contributed by atoms with Gasteiger partial charge in [-0.15, -0.1) is 0 Å². The molecule has 11 heteroatoms. The number of esters is 1. The summed E-state index contributed by atoms with van der Waals surface area (Å²) >= 11 is 0. The van der Waals surface area contributed by atoms with Crippen LogP contribution in [0.4, 0.5) is 0 Å². The van der Waals surface area contributed by atoms with E-state index in [0.29, 0.717) is 12.3 Å². The number of rotatable bonds is 9. The monoisotopic (exact) mass is 717 g/mol. The van der Waals surface area contributed by atoms with Crippen LogP contribution in [0, 0.1) is 35.5 Å². The SMILES string of the molecule is CC[C@H]1CCC[C@H](O[C@@H]2CC[C@@H](NC)[C@H](C)O2)[C@@H](C)C(=O)C2=C[C@@H]3[C@H](C=C[C@H]4C[C@@H](O[C@@H]5O[C@H](C)[C@H](OC)[C@H](OC)[C@@H]5OC)C[C@H]34)[C@H]2CC(=O)O1. The van der Waals surface area contributed by atoms with Crippen molar-refractivity contribution in [1.82, 2.24) is 5.32 Å². The molecule has 51 heavy (non-hydrogen) atoms. The summed E-state index contributed by atoms with van der Waals surface area (Å²) in [6.45, 7) is 8.12. The third-order valence-corrected chi connectivity index (χ3v) is 13.0. The fourth-order valence-corrected chi connectivity index (χ4v) is 10.1. The number of carbonyl (C=O) groups is 2. The largest absolute Gasteiger partial charge is 0.462 e. The molecule has 1 N–H and O–H groups in total. The van der Waals surface area contributed by atoms with Gasteiger partial charge in [-0.2, -0.15) is 0 Å². The summed E-state index contributed by atoms with van der Waals surface area (Å²) in [5, 5.41) is 3.34. The van der Waals surface area contributed by atoms with Crippen LogP contribution in [-0.4, -0.2) is 108 Å². The summed E-state index contributed by atoms with van der Waals surface area (Å²) in [5.74, 6) is 0.0185. The summed E-state index contributed by atoms with van der Waals surface area (Å²) in [6.07, 6.45) is 10.8. The molecule has 0 bridgehead atoms. The molecule has 11 nitrogen and oxygen atoms in total. The average molecular weight is 718 g/mol. The van der Waals surface area contributed by atoms with E-state index in [1.165, 1.54) is 0 Å². The van der Waals surface area contributed by atoms with Crippen LogP contribution in [0.1, 0.15) is 85.5 Å². The average Bonchev–Trinajstić information content (AvgIpc) is 3.70. The van der Waals surface area contributed by atoms with Crippen LogP contribution in [0.3, 0.4) is 0 Å². The molecule has 6 rings (SSSR count). The highest BCUT2D eigenvalue weighted by Gasteiger charge is 2.52. The van der Waals surface area contributed by atoms with Crippen molar-refractivity contribution in [3.05, 3.63) is 23.8 Å². The molecule has 6 aliphatic rings. The van der Waals surface area contributed by atoms with Gasteiger partial charge in [0, 0.05) is 39.2 Å². The summed E-state index contributed by atoms with van der Waals surface area (Å²) in [7, 11) is 6.93. The standard InChI is InChI=1S/C40H63NO10/c1-9-25-11-10-12-33(51-35-16-15-32(41-5)22(3)47-35)21(2)36(43)31-19-29-27(30(31)20-34(42)49-25)14-13-24-17-26(18-28(24)29)50-40-39(46-8)38(45-7)37(44-6)23(4)48-40/h13-14,19,21-30,32-33,35,37-41H,9-12,15-18,20H2,1-8H3/t21-,22+,23-,24+,25+,26-,27+,28+,29-,30-,32-,33+,35-,37+,38+,39+,40+/m1/s1. The minimum Gasteiger partial charge on any atom is -0.462 e. The number of allylic oxidation sites excluding steroid dienone is 4. The fraction of sp³-hybridized carbons (Fsp3) is 0.850. The molecule has 288 valence electrons. The predicted octanol–water partition coefficient (Wildman–Crippen LogP) is 5.15. The zero-order chi connectivity index (χ0) is 36.4. The summed E-state index contributed by atoms with van der Waals surface area (Å²) < 4.78 is 49.4. The number of fused-ring (bicyclic) bond motifs is 5. The van der Waals surface area contributed by atoms with Crippen molar-refractivity contribution < 1.29 is 47.5 Å². The lowest BCUT2D eigenvalue weighted by atomic mass is 9.70. The maximum atomic E-state index is 14.6. The molecular formula is C40H63NO10. The third kappa shape index (κ3) is 8.21. The van der Waals surface area contributed by atoms with E-state index < -0.39 is 12.4 Å². The molecule has 0 amide bonds. The number of carbonyl (C=O) groups excluding carboxylic acids is 2. The smallest absolute Gasteiger partial charge is 0.306 e. The summed E-state index contributed by atoms with van der Waals surface area (Å²) in [4.78, 5) is 28.1. The Hall–Kier alpha value is -1.70. The van der Waals surface area contributed by atoms with E-state index in [2.05, 4.69) is 37.4 Å². The van der Waals surface area contributed by atoms with Crippen LogP contribution in [0.2, 0.25) is 0 Å². The van der Waals surface area contributed by atoms with E-state index in [0.717, 1.165) is 50.5 Å². The Bertz CT molecular complexity index is 1260. The van der Waals surface area contributed by atoms with Crippen LogP contribution in [0.25, 0.3) is 0 Å². The van der Waals surface area contributed by atoms with Crippen LogP contribution in [0.5, 0.6) is 0 Å². The highest BCUT2D eigenvalue weighted by Crippen LogP contribution is 2.54. The molecule has 4 fully saturated rings. The normalized spacial score (nSPS) is 46.3. The zero-order valence-corrected chi connectivity index (χ0v) is 32.0. The Morgan fingerprint density at radius 1 is 0.843 bits per heavy atom. The lowest BCUT2D eigenvalue weighted by Gasteiger charge is -2.44. The minimum atomic E-state index is -0.593. The van der Waals surface area contributed by atoms with Crippen molar-refractivity contribution in [1.29, 1.82) is 0 Å². The second kappa shape index (κ2) is 17.2. The Labute approximate surface area is 304 Å². The van der Waals surface area contributed by atoms with Crippen LogP contribution >= 0.6 is 0 Å². The Morgan fingerprint density at radius 2 is 1.61 bits per heavy atom. The molecule has 0 unspecified atom stereocenters. The van der Waals surface area contributed by atoms with Gasteiger partial charge in [0.15, 0.2) is 18.4 Å². The van der Waals surface area contributed by atoms with E-state index in [9.17, 15) is 9.59 Å². The minimum absolute atomic E-state index is 0.0241. The van der Waals surface area contributed by atoms with Gasteiger partial charge in [-0.3, -0.25) is 9.59 Å². The van der Waals surface area contributed by atoms with E-state index in [1.807, 2.05) is 20.9 Å². The van der Waals surface area contributed by atoms with Gasteiger partial charge in [-0.1, -0.05) is 32.1 Å². The summed E-state index contributed by atoms with van der Waals surface area (Å²) in [5.41, 5.74) is 0.761. The maximum absolute atomic E-state index is 14.6. The second-order valence-corrected chi connectivity index (χ2v) is 15.9. The molecule has 0 aromatic heterocycles. The molecule has 0 aromatic carbocycles. The fourth-order valence-electron chi connectivity index (χ4n) is 10.1. The van der Waals surface area contributed by atoms with Gasteiger partial charge in [-0.25, -0.2) is 0 Å². The van der Waals surface area contributed by atoms with Gasteiger partial charge in [-0.05, 0) is 102 Å². The third-order valence-electron chi connectivity index (χ3n) is 13.0. The first-order valence-corrected chi connectivity index (χ1v) is 19.6. The molecule has 3 aliphatic carbocycles. The van der Waals surface area contributed by atoms with Crippen molar-refractivity contribution in [2.24, 2.45) is 35.5 Å². The number of hydrogen-bond donors (Lipinski definition) is 1. The van der Waals surface area contributed by atoms with Crippen molar-refractivity contribution in [3.63, 3.8) is 0 Å². The van der Waals surface area contributed by atoms with Gasteiger partial charge in [0.2, 0.25) is 0 Å². The Balaban J connectivity index is 1.21. The van der Waals surface area contributed by atoms with Crippen molar-refractivity contribution in [2.45, 2.75) is 153 Å². The molecular weight excluding hydrogens is 654 g/mol. The van der Waals surface area contributed by atoms with E-state index >= 15 is 0 Å². The molecule has 3 saturated heterocycles. The highest BCUT2D eigenvalue weighted by molar-refractivity contribution is 5.99. The maximum Gasteiger partial charge on any atom is 0.306 e. The van der Waals surface area contributed by atoms with Gasteiger partial charge >= 0.3 is 5.97 Å². The van der Waals surface area contributed by atoms with E-state index in [4.69, 9.17) is 37.9 Å². The van der Waals surface area contributed by atoms with Crippen LogP contribution in [-0.2, 0) is 47.5 Å². The number of nitrogens with one attached hydrogen (secondary N) is 1. The number of ether oxygens (including phenoxy) is 8. The van der Waals surface area contributed by atoms with Crippen LogP contribution < -0.4 is 5.32 Å². The Kier molecular flexibility index (Phi) is 13.1. The lowest BCUT2D eigenvalue weighted by molar-refractivity contribution is -0.314. The molecule has 0 spiro atoms. The number of hydrogen-bond acceptors (Lipinski definition) is 11. The van der Waals surface area contributed by atoms with E-state index in [-0.39, 0.29) is 103 Å². The van der Waals surface area contributed by atoms with Gasteiger partial charge < -0.3 is 43.2 Å². The van der Waals surface area contributed by atoms with Gasteiger partial charge in [0.05, 0.1) is 30.8 Å². The van der Waals surface area contributed by atoms with Crippen molar-refractivity contribution in [3.8, 4) is 0 Å². The van der Waals surface area contributed by atoms with Gasteiger partial charge in [0.25, 0.3) is 0 Å². The molecule has 1 saturated carbocycles. The number of Topliss-reactive ketones (excluding diaryl/α,β-unsaturated/α-hetero) is 1. The highest BCUT2D eigenvalue weighted by atomic mass is 16.7. The first-order valence-electron chi connectivity index (χ1n) is 19.6. The van der Waals surface area contributed by atoms with Gasteiger partial charge in [0.1, 0.15) is 24.4 Å². The number of cyclic esters (lactones) is 1. The zero-order valence-electron chi connectivity index (χ0n) is 32.0. The molecule has 3 heterocycles. The quantitative estimate of drug-likeness (QED) is 0.252. The topological polar surface area (TPSA) is 120 Å². The molecule has 0 radical (unpaired) electrons. The number of methoxy groups -OCH3 is 3. The number of likely N-dealkylation sites (N-methyl/N-ethyl adjacent to an activating group) is 1. The molecule has 17 atom stereocenters. The first-order chi connectivity index (χ1) is 24.6. The summed E-state index contributed by atoms with van der Waals surface area (Å²) in [6, 6.07) is 0.288. The molecule has 3 aliphatic heterocycles. The lowest BCUT2D eigenvalue weighted by Crippen LogP contribution is -2.59. The Morgan fingerprint density at radius 3 is 2.29 bits per heavy atom. The van der Waals surface area contributed by atoms with E-state index in [1.54, 1.807) is 21.3 Å². The number of ketones is 1. The predicted molar refractivity (Wildman–Crippen MR) is 190 cm³/mol. The second-order valence-electron chi connectivity index (χ2n) is 15.9. The first kappa shape index (κ1) is 39.0. The van der Waals surface area contributed by atoms with Crippen molar-refractivity contribution in [2.75, 3.05) is 28.4 Å².